The maximum Gasteiger partial charge on any atom is 0.0948 e. The van der Waals surface area contributed by atoms with E-state index in [9.17, 15) is 0 Å². The molecule has 0 bridgehead atoms. The third kappa shape index (κ3) is 3.30. The Hall–Kier alpha value is -0.870. The smallest absolute Gasteiger partial charge is 0.0948 e. The molecular formula is C13H23N3O. The SMILES string of the molecule is CCn1cncc1COCC1(N)CCCCC1. The van der Waals surface area contributed by atoms with Gasteiger partial charge in [0.05, 0.1) is 31.4 Å². The Bertz CT molecular complexity index is 342. The zero-order valence-electron chi connectivity index (χ0n) is 10.7. The molecule has 17 heavy (non-hydrogen) atoms. The van der Waals surface area contributed by atoms with Gasteiger partial charge in [0.2, 0.25) is 0 Å². The molecule has 1 saturated carbocycles. The van der Waals surface area contributed by atoms with Crippen molar-refractivity contribution < 1.29 is 4.74 Å². The van der Waals surface area contributed by atoms with Crippen LogP contribution in [0.1, 0.15) is 44.7 Å². The van der Waals surface area contributed by atoms with Crippen LogP contribution in [0.25, 0.3) is 0 Å². The van der Waals surface area contributed by atoms with E-state index >= 15 is 0 Å². The molecule has 0 atom stereocenters. The quantitative estimate of drug-likeness (QED) is 0.853. The summed E-state index contributed by atoms with van der Waals surface area (Å²) in [6.45, 7) is 4.33. The molecule has 0 saturated heterocycles. The van der Waals surface area contributed by atoms with Crippen LogP contribution in [0.2, 0.25) is 0 Å². The Morgan fingerprint density at radius 1 is 1.41 bits per heavy atom. The predicted molar refractivity (Wildman–Crippen MR) is 67.6 cm³/mol. The van der Waals surface area contributed by atoms with Gasteiger partial charge in [-0.2, -0.15) is 0 Å². The molecule has 1 aromatic rings. The van der Waals surface area contributed by atoms with Crippen molar-refractivity contribution in [3.05, 3.63) is 18.2 Å². The summed E-state index contributed by atoms with van der Waals surface area (Å²) in [5.74, 6) is 0. The second-order valence-corrected chi connectivity index (χ2v) is 5.09. The van der Waals surface area contributed by atoms with E-state index in [1.54, 1.807) is 0 Å². The minimum absolute atomic E-state index is 0.0880. The molecule has 0 unspecified atom stereocenters. The molecule has 0 aliphatic heterocycles. The average molecular weight is 237 g/mol. The third-order valence-corrected chi connectivity index (χ3v) is 3.63. The van der Waals surface area contributed by atoms with Crippen LogP contribution in [0.15, 0.2) is 12.5 Å². The fourth-order valence-electron chi connectivity index (χ4n) is 2.51. The van der Waals surface area contributed by atoms with Crippen molar-refractivity contribution in [2.45, 2.75) is 57.7 Å². The highest BCUT2D eigenvalue weighted by atomic mass is 16.5. The Morgan fingerprint density at radius 3 is 2.88 bits per heavy atom. The van der Waals surface area contributed by atoms with Crippen molar-refractivity contribution in [2.75, 3.05) is 6.61 Å². The van der Waals surface area contributed by atoms with Gasteiger partial charge in [-0.3, -0.25) is 0 Å². The highest BCUT2D eigenvalue weighted by Crippen LogP contribution is 2.26. The number of imidazole rings is 1. The molecule has 0 radical (unpaired) electrons. The second kappa shape index (κ2) is 5.65. The number of hydrogen-bond acceptors (Lipinski definition) is 3. The molecule has 1 aliphatic carbocycles. The number of hydrogen-bond donors (Lipinski definition) is 1. The van der Waals surface area contributed by atoms with Crippen LogP contribution in [0.4, 0.5) is 0 Å². The monoisotopic (exact) mass is 237 g/mol. The lowest BCUT2D eigenvalue weighted by Gasteiger charge is -2.33. The minimum atomic E-state index is -0.0880. The number of nitrogens with two attached hydrogens (primary N) is 1. The van der Waals surface area contributed by atoms with E-state index in [-0.39, 0.29) is 5.54 Å². The summed E-state index contributed by atoms with van der Waals surface area (Å²) in [6, 6.07) is 0. The lowest BCUT2D eigenvalue weighted by molar-refractivity contribution is 0.0544. The molecule has 4 nitrogen and oxygen atoms in total. The first-order chi connectivity index (χ1) is 8.23. The van der Waals surface area contributed by atoms with Gasteiger partial charge < -0.3 is 15.0 Å². The van der Waals surface area contributed by atoms with Gasteiger partial charge in [0.1, 0.15) is 0 Å². The summed E-state index contributed by atoms with van der Waals surface area (Å²) in [7, 11) is 0. The zero-order valence-corrected chi connectivity index (χ0v) is 10.7. The molecule has 0 spiro atoms. The maximum atomic E-state index is 6.32. The summed E-state index contributed by atoms with van der Waals surface area (Å²) in [5.41, 5.74) is 7.37. The van der Waals surface area contributed by atoms with E-state index in [0.717, 1.165) is 25.1 Å². The van der Waals surface area contributed by atoms with Gasteiger partial charge in [-0.15, -0.1) is 0 Å². The van der Waals surface area contributed by atoms with Crippen molar-refractivity contribution in [1.29, 1.82) is 0 Å². The molecule has 0 amide bonds. The molecule has 2 rings (SSSR count). The van der Waals surface area contributed by atoms with Crippen molar-refractivity contribution in [3.63, 3.8) is 0 Å². The molecule has 1 aliphatic rings. The number of aryl methyl sites for hydroxylation is 1. The third-order valence-electron chi connectivity index (χ3n) is 3.63. The number of aromatic nitrogens is 2. The Balaban J connectivity index is 1.79. The highest BCUT2D eigenvalue weighted by molar-refractivity contribution is 4.96. The molecule has 1 fully saturated rings. The lowest BCUT2D eigenvalue weighted by atomic mass is 9.83. The number of nitrogens with zero attached hydrogens (tertiary/aromatic N) is 2. The number of rotatable bonds is 5. The predicted octanol–water partition coefficient (Wildman–Crippen LogP) is 2.08. The zero-order chi connectivity index (χ0) is 12.1. The molecule has 1 aromatic heterocycles. The van der Waals surface area contributed by atoms with E-state index in [1.165, 1.54) is 19.3 Å². The van der Waals surface area contributed by atoms with E-state index in [1.807, 2.05) is 12.5 Å². The first kappa shape index (κ1) is 12.6. The second-order valence-electron chi connectivity index (χ2n) is 5.09. The fraction of sp³-hybridized carbons (Fsp3) is 0.769. The van der Waals surface area contributed by atoms with Crippen molar-refractivity contribution >= 4 is 0 Å². The van der Waals surface area contributed by atoms with Crippen LogP contribution in [-0.4, -0.2) is 21.7 Å². The molecular weight excluding hydrogens is 214 g/mol. The largest absolute Gasteiger partial charge is 0.373 e. The minimum Gasteiger partial charge on any atom is -0.373 e. The van der Waals surface area contributed by atoms with Crippen LogP contribution in [0, 0.1) is 0 Å². The Morgan fingerprint density at radius 2 is 2.18 bits per heavy atom. The number of ether oxygens (including phenoxy) is 1. The van der Waals surface area contributed by atoms with Gasteiger partial charge in [-0.25, -0.2) is 4.98 Å². The summed E-state index contributed by atoms with van der Waals surface area (Å²) < 4.78 is 7.88. The van der Waals surface area contributed by atoms with E-state index in [0.29, 0.717) is 13.2 Å². The van der Waals surface area contributed by atoms with Gasteiger partial charge in [-0.05, 0) is 19.8 Å². The molecule has 4 heteroatoms. The van der Waals surface area contributed by atoms with E-state index in [2.05, 4.69) is 16.5 Å². The van der Waals surface area contributed by atoms with Crippen LogP contribution < -0.4 is 5.73 Å². The maximum absolute atomic E-state index is 6.32. The Kier molecular flexibility index (Phi) is 4.18. The lowest BCUT2D eigenvalue weighted by Crippen LogP contribution is -2.46. The first-order valence-electron chi connectivity index (χ1n) is 6.59. The van der Waals surface area contributed by atoms with Crippen LogP contribution in [0.3, 0.4) is 0 Å². The highest BCUT2D eigenvalue weighted by Gasteiger charge is 2.27. The van der Waals surface area contributed by atoms with Crippen LogP contribution in [0.5, 0.6) is 0 Å². The average Bonchev–Trinajstić information content (AvgIpc) is 2.77. The first-order valence-corrected chi connectivity index (χ1v) is 6.59. The van der Waals surface area contributed by atoms with Crippen molar-refractivity contribution in [2.24, 2.45) is 5.73 Å². The van der Waals surface area contributed by atoms with Crippen LogP contribution in [-0.2, 0) is 17.9 Å². The molecule has 2 N–H and O–H groups in total. The van der Waals surface area contributed by atoms with Gasteiger partial charge in [0.25, 0.3) is 0 Å². The van der Waals surface area contributed by atoms with E-state index in [4.69, 9.17) is 10.5 Å². The van der Waals surface area contributed by atoms with Crippen LogP contribution >= 0.6 is 0 Å². The van der Waals surface area contributed by atoms with Gasteiger partial charge in [-0.1, -0.05) is 19.3 Å². The summed E-state index contributed by atoms with van der Waals surface area (Å²) in [5, 5.41) is 0. The normalized spacial score (nSPS) is 19.4. The van der Waals surface area contributed by atoms with Crippen molar-refractivity contribution in [3.8, 4) is 0 Å². The molecule has 1 heterocycles. The Labute approximate surface area is 103 Å². The molecule has 0 aromatic carbocycles. The van der Waals surface area contributed by atoms with Gasteiger partial charge in [0, 0.05) is 12.1 Å². The van der Waals surface area contributed by atoms with Gasteiger partial charge in [0.15, 0.2) is 0 Å². The van der Waals surface area contributed by atoms with Crippen molar-refractivity contribution in [1.82, 2.24) is 9.55 Å². The summed E-state index contributed by atoms with van der Waals surface area (Å²) in [6.07, 6.45) is 9.71. The molecule has 96 valence electrons. The summed E-state index contributed by atoms with van der Waals surface area (Å²) >= 11 is 0. The summed E-state index contributed by atoms with van der Waals surface area (Å²) in [4.78, 5) is 4.13. The van der Waals surface area contributed by atoms with Gasteiger partial charge >= 0.3 is 0 Å². The fourth-order valence-corrected chi connectivity index (χ4v) is 2.51. The van der Waals surface area contributed by atoms with E-state index < -0.39 is 0 Å². The standard InChI is InChI=1S/C13H23N3O/c1-2-16-11-15-8-12(16)9-17-10-13(14)6-4-3-5-7-13/h8,11H,2-7,9-10,14H2,1H3. The topological polar surface area (TPSA) is 53.1 Å².